The molecule has 2 rings (SSSR count). The molecule has 1 heterocycles. The Labute approximate surface area is 94.7 Å². The van der Waals surface area contributed by atoms with Crippen LogP contribution in [0.2, 0.25) is 0 Å². The number of hydrogen-bond donors (Lipinski definition) is 2. The SMILES string of the molecule is NCC(C(=O)O)c1ccc2c(c1)OC(F)(F)O2. The first-order chi connectivity index (χ1) is 7.93. The predicted octanol–water partition coefficient (Wildman–Crippen LogP) is 1.14. The molecule has 0 amide bonds. The molecule has 1 unspecified atom stereocenters. The van der Waals surface area contributed by atoms with E-state index in [1.165, 1.54) is 18.2 Å². The second kappa shape index (κ2) is 3.85. The molecule has 0 aromatic heterocycles. The number of carboxylic acids is 1. The highest BCUT2D eigenvalue weighted by Crippen LogP contribution is 2.42. The Morgan fingerprint density at radius 3 is 2.65 bits per heavy atom. The fraction of sp³-hybridized carbons (Fsp3) is 0.300. The van der Waals surface area contributed by atoms with Crippen molar-refractivity contribution in [1.29, 1.82) is 0 Å². The van der Waals surface area contributed by atoms with Crippen LogP contribution in [0.15, 0.2) is 18.2 Å². The van der Waals surface area contributed by atoms with Crippen LogP contribution in [-0.4, -0.2) is 23.9 Å². The molecule has 0 fully saturated rings. The van der Waals surface area contributed by atoms with E-state index in [1.54, 1.807) is 0 Å². The third-order valence-corrected chi connectivity index (χ3v) is 2.36. The smallest absolute Gasteiger partial charge is 0.481 e. The van der Waals surface area contributed by atoms with Gasteiger partial charge >= 0.3 is 12.3 Å². The Morgan fingerprint density at radius 1 is 1.41 bits per heavy atom. The third kappa shape index (κ3) is 2.14. The summed E-state index contributed by atoms with van der Waals surface area (Å²) in [6.45, 7) is -0.134. The van der Waals surface area contributed by atoms with Crippen LogP contribution in [0.5, 0.6) is 11.5 Å². The zero-order valence-corrected chi connectivity index (χ0v) is 8.52. The van der Waals surface area contributed by atoms with Gasteiger partial charge in [0.05, 0.1) is 5.92 Å². The van der Waals surface area contributed by atoms with Gasteiger partial charge in [0, 0.05) is 6.54 Å². The molecule has 17 heavy (non-hydrogen) atoms. The van der Waals surface area contributed by atoms with E-state index in [-0.39, 0.29) is 18.0 Å². The lowest BCUT2D eigenvalue weighted by Crippen LogP contribution is -2.26. The van der Waals surface area contributed by atoms with Gasteiger partial charge in [0.2, 0.25) is 0 Å². The molecule has 0 saturated heterocycles. The molecular weight excluding hydrogens is 236 g/mol. The molecule has 1 atom stereocenters. The number of aliphatic carboxylic acids is 1. The van der Waals surface area contributed by atoms with Crippen LogP contribution in [0.3, 0.4) is 0 Å². The van der Waals surface area contributed by atoms with Crippen molar-refractivity contribution in [2.45, 2.75) is 12.2 Å². The molecule has 0 bridgehead atoms. The molecule has 0 saturated carbocycles. The zero-order valence-electron chi connectivity index (χ0n) is 8.52. The lowest BCUT2D eigenvalue weighted by atomic mass is 9.99. The number of carboxylic acid groups (broad SMARTS) is 1. The summed E-state index contributed by atoms with van der Waals surface area (Å²) in [7, 11) is 0. The maximum Gasteiger partial charge on any atom is 0.586 e. The van der Waals surface area contributed by atoms with Crippen LogP contribution in [0, 0.1) is 0 Å². The first-order valence-corrected chi connectivity index (χ1v) is 4.75. The Kier molecular flexibility index (Phi) is 2.62. The number of carbonyl (C=O) groups is 1. The number of nitrogens with two attached hydrogens (primary N) is 1. The van der Waals surface area contributed by atoms with Gasteiger partial charge in [-0.15, -0.1) is 8.78 Å². The summed E-state index contributed by atoms with van der Waals surface area (Å²) in [5.41, 5.74) is 5.59. The molecule has 7 heteroatoms. The lowest BCUT2D eigenvalue weighted by molar-refractivity contribution is -0.286. The minimum absolute atomic E-state index is 0.125. The Hall–Kier alpha value is -1.89. The van der Waals surface area contributed by atoms with E-state index in [1.807, 2.05) is 0 Å². The number of hydrogen-bond acceptors (Lipinski definition) is 4. The second-order valence-corrected chi connectivity index (χ2v) is 3.50. The summed E-state index contributed by atoms with van der Waals surface area (Å²) in [5, 5.41) is 8.88. The van der Waals surface area contributed by atoms with Gasteiger partial charge in [-0.1, -0.05) is 6.07 Å². The average Bonchev–Trinajstić information content (AvgIpc) is 2.51. The number of benzene rings is 1. The van der Waals surface area contributed by atoms with Crippen molar-refractivity contribution in [2.75, 3.05) is 6.54 Å². The molecule has 1 aromatic rings. The van der Waals surface area contributed by atoms with E-state index < -0.39 is 18.2 Å². The molecule has 0 spiro atoms. The van der Waals surface area contributed by atoms with Crippen molar-refractivity contribution < 1.29 is 28.2 Å². The minimum Gasteiger partial charge on any atom is -0.481 e. The van der Waals surface area contributed by atoms with Crippen molar-refractivity contribution in [2.24, 2.45) is 5.73 Å². The van der Waals surface area contributed by atoms with Gasteiger partial charge < -0.3 is 20.3 Å². The van der Waals surface area contributed by atoms with Crippen LogP contribution in [0.1, 0.15) is 11.5 Å². The van der Waals surface area contributed by atoms with Gasteiger partial charge in [-0.3, -0.25) is 4.79 Å². The van der Waals surface area contributed by atoms with Gasteiger partial charge in [-0.2, -0.15) is 0 Å². The van der Waals surface area contributed by atoms with Crippen molar-refractivity contribution in [1.82, 2.24) is 0 Å². The Bertz CT molecular complexity index is 464. The van der Waals surface area contributed by atoms with Gasteiger partial charge in [-0.25, -0.2) is 0 Å². The molecule has 0 aliphatic carbocycles. The van der Waals surface area contributed by atoms with Crippen LogP contribution in [-0.2, 0) is 4.79 Å². The van der Waals surface area contributed by atoms with Crippen LogP contribution in [0.25, 0.3) is 0 Å². The van der Waals surface area contributed by atoms with E-state index in [2.05, 4.69) is 9.47 Å². The fourth-order valence-corrected chi connectivity index (χ4v) is 1.56. The highest BCUT2D eigenvalue weighted by atomic mass is 19.3. The van der Waals surface area contributed by atoms with E-state index in [9.17, 15) is 13.6 Å². The number of alkyl halides is 2. The summed E-state index contributed by atoms with van der Waals surface area (Å²) in [6, 6.07) is 3.80. The standard InChI is InChI=1S/C10H9F2NO4/c11-10(12)16-7-2-1-5(3-8(7)17-10)6(4-13)9(14)15/h1-3,6H,4,13H2,(H,14,15). The number of fused-ring (bicyclic) bond motifs is 1. The maximum absolute atomic E-state index is 12.7. The minimum atomic E-state index is -3.71. The number of rotatable bonds is 3. The lowest BCUT2D eigenvalue weighted by Gasteiger charge is -2.10. The quantitative estimate of drug-likeness (QED) is 0.834. The Morgan fingerprint density at radius 2 is 2.06 bits per heavy atom. The highest BCUT2D eigenvalue weighted by Gasteiger charge is 2.43. The monoisotopic (exact) mass is 245 g/mol. The molecule has 1 aromatic carbocycles. The van der Waals surface area contributed by atoms with Crippen molar-refractivity contribution in [3.05, 3.63) is 23.8 Å². The van der Waals surface area contributed by atoms with E-state index in [4.69, 9.17) is 10.8 Å². The molecule has 5 nitrogen and oxygen atoms in total. The summed E-state index contributed by atoms with van der Waals surface area (Å²) < 4.78 is 33.9. The molecule has 1 aliphatic heterocycles. The number of ether oxygens (including phenoxy) is 2. The maximum atomic E-state index is 12.7. The van der Waals surface area contributed by atoms with Gasteiger partial charge in [-0.05, 0) is 17.7 Å². The first kappa shape index (κ1) is 11.6. The first-order valence-electron chi connectivity index (χ1n) is 4.75. The normalized spacial score (nSPS) is 17.8. The molecular formula is C10H9F2NO4. The molecule has 0 radical (unpaired) electrons. The summed E-state index contributed by atoms with van der Waals surface area (Å²) in [4.78, 5) is 10.9. The van der Waals surface area contributed by atoms with Gasteiger partial charge in [0.25, 0.3) is 0 Å². The zero-order chi connectivity index (χ0) is 12.6. The van der Waals surface area contributed by atoms with Crippen molar-refractivity contribution in [3.8, 4) is 11.5 Å². The fourth-order valence-electron chi connectivity index (χ4n) is 1.56. The van der Waals surface area contributed by atoms with Crippen LogP contribution < -0.4 is 15.2 Å². The molecule has 3 N–H and O–H groups in total. The van der Waals surface area contributed by atoms with Crippen molar-refractivity contribution >= 4 is 5.97 Å². The Balaban J connectivity index is 2.33. The van der Waals surface area contributed by atoms with E-state index in [0.29, 0.717) is 5.56 Å². The summed E-state index contributed by atoms with van der Waals surface area (Å²) >= 11 is 0. The van der Waals surface area contributed by atoms with E-state index in [0.717, 1.165) is 0 Å². The largest absolute Gasteiger partial charge is 0.586 e. The summed E-state index contributed by atoms with van der Waals surface area (Å²) in [5.74, 6) is -2.40. The topological polar surface area (TPSA) is 81.8 Å². The summed E-state index contributed by atoms with van der Waals surface area (Å²) in [6.07, 6.45) is -3.71. The van der Waals surface area contributed by atoms with Crippen LogP contribution >= 0.6 is 0 Å². The third-order valence-electron chi connectivity index (χ3n) is 2.36. The van der Waals surface area contributed by atoms with E-state index >= 15 is 0 Å². The van der Waals surface area contributed by atoms with Crippen molar-refractivity contribution in [3.63, 3.8) is 0 Å². The van der Waals surface area contributed by atoms with Gasteiger partial charge in [0.1, 0.15) is 0 Å². The van der Waals surface area contributed by atoms with Gasteiger partial charge in [0.15, 0.2) is 11.5 Å². The molecule has 1 aliphatic rings. The molecule has 92 valence electrons. The number of halogens is 2. The van der Waals surface area contributed by atoms with Crippen LogP contribution in [0.4, 0.5) is 8.78 Å². The average molecular weight is 245 g/mol. The second-order valence-electron chi connectivity index (χ2n) is 3.50. The predicted molar refractivity (Wildman–Crippen MR) is 52.1 cm³/mol. The highest BCUT2D eigenvalue weighted by molar-refractivity contribution is 5.76.